The number of hydrogen-bond acceptors (Lipinski definition) is 3. The van der Waals surface area contributed by atoms with Crippen molar-refractivity contribution in [1.82, 2.24) is 0 Å². The van der Waals surface area contributed by atoms with Crippen molar-refractivity contribution in [2.24, 2.45) is 5.92 Å². The van der Waals surface area contributed by atoms with E-state index in [4.69, 9.17) is 14.6 Å². The van der Waals surface area contributed by atoms with Gasteiger partial charge in [0.25, 0.3) is 0 Å². The Labute approximate surface area is 106 Å². The van der Waals surface area contributed by atoms with Crippen molar-refractivity contribution in [3.8, 4) is 11.5 Å². The van der Waals surface area contributed by atoms with Gasteiger partial charge in [-0.1, -0.05) is 6.07 Å². The van der Waals surface area contributed by atoms with Gasteiger partial charge < -0.3 is 14.6 Å². The molecule has 2 rings (SSSR count). The number of methoxy groups -OCH3 is 1. The monoisotopic (exact) mass is 276 g/mol. The highest BCUT2D eigenvalue weighted by atomic mass is 19.4. The minimum atomic E-state index is -4.73. The molecule has 0 bridgehead atoms. The molecular weight excluding hydrogens is 265 g/mol. The van der Waals surface area contributed by atoms with Crippen molar-refractivity contribution in [3.05, 3.63) is 23.8 Å². The molecular formula is C12H11F3O4. The fraction of sp³-hybridized carbons (Fsp3) is 0.417. The van der Waals surface area contributed by atoms with E-state index in [1.165, 1.54) is 19.2 Å². The summed E-state index contributed by atoms with van der Waals surface area (Å²) in [6, 6.07) is 4.41. The molecule has 1 aliphatic heterocycles. The van der Waals surface area contributed by atoms with Crippen LogP contribution in [0.25, 0.3) is 0 Å². The summed E-state index contributed by atoms with van der Waals surface area (Å²) in [7, 11) is 1.36. The third-order valence-electron chi connectivity index (χ3n) is 2.99. The van der Waals surface area contributed by atoms with Crippen LogP contribution in [0.2, 0.25) is 0 Å². The van der Waals surface area contributed by atoms with Gasteiger partial charge in [0.2, 0.25) is 6.10 Å². The van der Waals surface area contributed by atoms with E-state index in [1.54, 1.807) is 6.07 Å². The Hall–Kier alpha value is -1.92. The molecule has 0 fully saturated rings. The topological polar surface area (TPSA) is 55.8 Å². The van der Waals surface area contributed by atoms with E-state index >= 15 is 0 Å². The van der Waals surface area contributed by atoms with Gasteiger partial charge in [-0.05, 0) is 18.6 Å². The Morgan fingerprint density at radius 2 is 2.16 bits per heavy atom. The molecule has 4 nitrogen and oxygen atoms in total. The fourth-order valence-corrected chi connectivity index (χ4v) is 2.11. The smallest absolute Gasteiger partial charge is 0.426 e. The number of carbonyl (C=O) groups is 1. The second kappa shape index (κ2) is 4.64. The second-order valence-corrected chi connectivity index (χ2v) is 4.17. The quantitative estimate of drug-likeness (QED) is 0.900. The second-order valence-electron chi connectivity index (χ2n) is 4.17. The van der Waals surface area contributed by atoms with Crippen molar-refractivity contribution in [1.29, 1.82) is 0 Å². The van der Waals surface area contributed by atoms with Crippen LogP contribution in [0.3, 0.4) is 0 Å². The summed E-state index contributed by atoms with van der Waals surface area (Å²) in [6.45, 7) is 0. The van der Waals surface area contributed by atoms with Crippen molar-refractivity contribution in [3.63, 3.8) is 0 Å². The van der Waals surface area contributed by atoms with E-state index in [0.717, 1.165) is 0 Å². The summed E-state index contributed by atoms with van der Waals surface area (Å²) in [5.74, 6) is -2.88. The van der Waals surface area contributed by atoms with Crippen LogP contribution in [0.4, 0.5) is 13.2 Å². The summed E-state index contributed by atoms with van der Waals surface area (Å²) >= 11 is 0. The largest absolute Gasteiger partial charge is 0.496 e. The Kier molecular flexibility index (Phi) is 3.30. The third-order valence-corrected chi connectivity index (χ3v) is 2.99. The highest BCUT2D eigenvalue weighted by Crippen LogP contribution is 2.41. The van der Waals surface area contributed by atoms with Gasteiger partial charge in [0, 0.05) is 5.56 Å². The summed E-state index contributed by atoms with van der Waals surface area (Å²) in [6.07, 6.45) is -7.35. The lowest BCUT2D eigenvalue weighted by Crippen LogP contribution is -2.47. The van der Waals surface area contributed by atoms with Crippen molar-refractivity contribution in [2.75, 3.05) is 7.11 Å². The van der Waals surface area contributed by atoms with Gasteiger partial charge in [0.1, 0.15) is 17.4 Å². The van der Waals surface area contributed by atoms with Crippen LogP contribution < -0.4 is 9.47 Å². The number of fused-ring (bicyclic) bond motifs is 1. The average molecular weight is 276 g/mol. The maximum atomic E-state index is 12.8. The number of hydrogen-bond donors (Lipinski definition) is 1. The number of alkyl halides is 3. The lowest BCUT2D eigenvalue weighted by molar-refractivity contribution is -0.217. The molecule has 0 radical (unpaired) electrons. The Bertz CT molecular complexity index is 498. The zero-order valence-corrected chi connectivity index (χ0v) is 9.90. The molecule has 0 amide bonds. The number of ether oxygens (including phenoxy) is 2. The highest BCUT2D eigenvalue weighted by molar-refractivity contribution is 5.72. The molecule has 2 atom stereocenters. The minimum absolute atomic E-state index is 0.0131. The molecule has 2 unspecified atom stereocenters. The van der Waals surface area contributed by atoms with Crippen LogP contribution >= 0.6 is 0 Å². The number of carboxylic acid groups (broad SMARTS) is 1. The summed E-state index contributed by atoms with van der Waals surface area (Å²) in [5, 5.41) is 8.94. The third kappa shape index (κ3) is 2.45. The summed E-state index contributed by atoms with van der Waals surface area (Å²) in [5.41, 5.74) is 0.345. The van der Waals surface area contributed by atoms with Gasteiger partial charge in [-0.15, -0.1) is 0 Å². The molecule has 0 saturated heterocycles. The summed E-state index contributed by atoms with van der Waals surface area (Å²) < 4.78 is 48.3. The van der Waals surface area contributed by atoms with E-state index in [2.05, 4.69) is 0 Å². The van der Waals surface area contributed by atoms with Crippen LogP contribution in [0, 0.1) is 5.92 Å². The molecule has 1 N–H and O–H groups in total. The average Bonchev–Trinajstić information content (AvgIpc) is 2.35. The zero-order chi connectivity index (χ0) is 14.2. The number of aliphatic carboxylic acids is 1. The van der Waals surface area contributed by atoms with E-state index in [0.29, 0.717) is 11.3 Å². The molecule has 1 aromatic carbocycles. The van der Waals surface area contributed by atoms with Crippen LogP contribution in [-0.4, -0.2) is 30.5 Å². The van der Waals surface area contributed by atoms with E-state index in [1.807, 2.05) is 0 Å². The maximum Gasteiger partial charge on any atom is 0.426 e. The molecule has 1 heterocycles. The van der Waals surface area contributed by atoms with Gasteiger partial charge in [0.05, 0.1) is 7.11 Å². The molecule has 0 spiro atoms. The Morgan fingerprint density at radius 3 is 2.68 bits per heavy atom. The zero-order valence-electron chi connectivity index (χ0n) is 9.90. The molecule has 1 aromatic rings. The molecule has 0 aromatic heterocycles. The SMILES string of the molecule is COc1cccc2c1CC(C(=O)O)C(C(F)(F)F)O2. The van der Waals surface area contributed by atoms with Gasteiger partial charge in [-0.25, -0.2) is 0 Å². The van der Waals surface area contributed by atoms with Gasteiger partial charge in [-0.2, -0.15) is 13.2 Å². The van der Waals surface area contributed by atoms with Crippen molar-refractivity contribution < 1.29 is 32.5 Å². The lowest BCUT2D eigenvalue weighted by Gasteiger charge is -2.33. The first-order valence-electron chi connectivity index (χ1n) is 5.46. The first-order chi connectivity index (χ1) is 8.84. The van der Waals surface area contributed by atoms with Gasteiger partial charge in [-0.3, -0.25) is 4.79 Å². The molecule has 104 valence electrons. The highest BCUT2D eigenvalue weighted by Gasteiger charge is 2.52. The van der Waals surface area contributed by atoms with Gasteiger partial charge in [0.15, 0.2) is 0 Å². The fourth-order valence-electron chi connectivity index (χ4n) is 2.11. The Morgan fingerprint density at radius 1 is 1.47 bits per heavy atom. The van der Waals surface area contributed by atoms with E-state index < -0.39 is 24.2 Å². The number of carboxylic acids is 1. The van der Waals surface area contributed by atoms with Crippen LogP contribution in [0.5, 0.6) is 11.5 Å². The van der Waals surface area contributed by atoms with E-state index in [9.17, 15) is 18.0 Å². The standard InChI is InChI=1S/C12H11F3O4/c1-18-8-3-2-4-9-6(8)5-7(11(16)17)10(19-9)12(13,14)15/h2-4,7,10H,5H2,1H3,(H,16,17). The van der Waals surface area contributed by atoms with Crippen molar-refractivity contribution in [2.45, 2.75) is 18.7 Å². The number of benzene rings is 1. The van der Waals surface area contributed by atoms with Gasteiger partial charge >= 0.3 is 12.1 Å². The predicted octanol–water partition coefficient (Wildman–Crippen LogP) is 2.26. The predicted molar refractivity (Wildman–Crippen MR) is 58.3 cm³/mol. The molecule has 7 heteroatoms. The summed E-state index contributed by atoms with van der Waals surface area (Å²) in [4.78, 5) is 11.0. The molecule has 1 aliphatic rings. The maximum absolute atomic E-state index is 12.8. The molecule has 0 saturated carbocycles. The number of rotatable bonds is 2. The normalized spacial score (nSPS) is 22.3. The molecule has 0 aliphatic carbocycles. The first-order valence-corrected chi connectivity index (χ1v) is 5.46. The van der Waals surface area contributed by atoms with Crippen molar-refractivity contribution >= 4 is 5.97 Å². The first kappa shape index (κ1) is 13.5. The van der Waals surface area contributed by atoms with Crippen LogP contribution in [-0.2, 0) is 11.2 Å². The van der Waals surface area contributed by atoms with E-state index in [-0.39, 0.29) is 12.2 Å². The van der Waals surface area contributed by atoms with Crippen LogP contribution in [0.1, 0.15) is 5.56 Å². The van der Waals surface area contributed by atoms with Crippen LogP contribution in [0.15, 0.2) is 18.2 Å². The number of halogens is 3. The molecule has 19 heavy (non-hydrogen) atoms. The Balaban J connectivity index is 2.45. The lowest BCUT2D eigenvalue weighted by atomic mass is 9.89. The minimum Gasteiger partial charge on any atom is -0.496 e.